The maximum atomic E-state index is 13.4. The third kappa shape index (κ3) is 4.27. The third-order valence-electron chi connectivity index (χ3n) is 6.51. The van der Waals surface area contributed by atoms with Crippen LogP contribution in [0.25, 0.3) is 0 Å². The van der Waals surface area contributed by atoms with Gasteiger partial charge in [-0.1, -0.05) is 0 Å². The minimum Gasteiger partial charge on any atom is -0.348 e. The molecule has 158 valence electrons. The number of carbonyl (C=O) groups is 1. The van der Waals surface area contributed by atoms with Gasteiger partial charge in [0.2, 0.25) is 5.91 Å². The summed E-state index contributed by atoms with van der Waals surface area (Å²) in [6, 6.07) is 4.47. The molecular formula is C22H33N5OS. The third-order valence-corrected chi connectivity index (χ3v) is 7.50. The summed E-state index contributed by atoms with van der Waals surface area (Å²) in [6.07, 6.45) is 6.10. The SMILES string of the molecule is Cc1ccc(CN2CCC[C@@]3(C(=O)N(C)C)CN(Cc4cnn(C)c4)C[C@H]3C2)s1. The number of amides is 1. The molecule has 0 aromatic carbocycles. The minimum atomic E-state index is -0.258. The van der Waals surface area contributed by atoms with Gasteiger partial charge in [-0.2, -0.15) is 5.10 Å². The Morgan fingerprint density at radius 1 is 1.28 bits per heavy atom. The van der Waals surface area contributed by atoms with Crippen LogP contribution in [-0.2, 0) is 24.9 Å². The van der Waals surface area contributed by atoms with Crippen LogP contribution in [0, 0.1) is 18.3 Å². The first-order valence-corrected chi connectivity index (χ1v) is 11.4. The molecule has 4 heterocycles. The Balaban J connectivity index is 1.53. The van der Waals surface area contributed by atoms with E-state index in [-0.39, 0.29) is 5.41 Å². The zero-order valence-corrected chi connectivity index (χ0v) is 18.9. The van der Waals surface area contributed by atoms with E-state index in [1.165, 1.54) is 15.3 Å². The van der Waals surface area contributed by atoms with Gasteiger partial charge in [0.15, 0.2) is 0 Å². The van der Waals surface area contributed by atoms with Gasteiger partial charge in [0.05, 0.1) is 11.6 Å². The smallest absolute Gasteiger partial charge is 0.229 e. The van der Waals surface area contributed by atoms with Crippen LogP contribution in [0.2, 0.25) is 0 Å². The Hall–Kier alpha value is -1.70. The number of hydrogen-bond donors (Lipinski definition) is 0. The van der Waals surface area contributed by atoms with Gasteiger partial charge in [0.1, 0.15) is 0 Å². The summed E-state index contributed by atoms with van der Waals surface area (Å²) in [5.74, 6) is 0.683. The highest BCUT2D eigenvalue weighted by Crippen LogP contribution is 2.44. The van der Waals surface area contributed by atoms with Crippen molar-refractivity contribution in [3.05, 3.63) is 39.8 Å². The van der Waals surface area contributed by atoms with E-state index >= 15 is 0 Å². The fourth-order valence-electron chi connectivity index (χ4n) is 5.28. The van der Waals surface area contributed by atoms with Crippen LogP contribution in [0.15, 0.2) is 24.5 Å². The molecular weight excluding hydrogens is 382 g/mol. The van der Waals surface area contributed by atoms with Gasteiger partial charge in [-0.05, 0) is 44.4 Å². The number of fused-ring (bicyclic) bond motifs is 1. The van der Waals surface area contributed by atoms with Crippen molar-refractivity contribution in [2.24, 2.45) is 18.4 Å². The van der Waals surface area contributed by atoms with Gasteiger partial charge in [0.25, 0.3) is 0 Å². The molecule has 6 nitrogen and oxygen atoms in total. The minimum absolute atomic E-state index is 0.258. The highest BCUT2D eigenvalue weighted by Gasteiger charge is 2.53. The van der Waals surface area contributed by atoms with Crippen LogP contribution in [-0.4, -0.2) is 70.7 Å². The van der Waals surface area contributed by atoms with E-state index in [0.717, 1.165) is 52.1 Å². The molecule has 4 rings (SSSR count). The topological polar surface area (TPSA) is 44.6 Å². The van der Waals surface area contributed by atoms with Crippen molar-refractivity contribution in [2.45, 2.75) is 32.9 Å². The zero-order valence-electron chi connectivity index (χ0n) is 18.1. The van der Waals surface area contributed by atoms with Gasteiger partial charge in [-0.15, -0.1) is 11.3 Å². The van der Waals surface area contributed by atoms with E-state index in [9.17, 15) is 4.79 Å². The summed E-state index contributed by atoms with van der Waals surface area (Å²) in [6.45, 7) is 7.97. The molecule has 0 bridgehead atoms. The Bertz CT molecular complexity index is 859. The zero-order chi connectivity index (χ0) is 20.6. The molecule has 0 N–H and O–H groups in total. The van der Waals surface area contributed by atoms with Crippen molar-refractivity contribution in [3.8, 4) is 0 Å². The number of hydrogen-bond acceptors (Lipinski definition) is 5. The average Bonchev–Trinajstić information content (AvgIpc) is 3.32. The first-order valence-electron chi connectivity index (χ1n) is 10.5. The van der Waals surface area contributed by atoms with Gasteiger partial charge >= 0.3 is 0 Å². The lowest BCUT2D eigenvalue weighted by molar-refractivity contribution is -0.141. The van der Waals surface area contributed by atoms with Gasteiger partial charge in [-0.25, -0.2) is 0 Å². The summed E-state index contributed by atoms with van der Waals surface area (Å²) in [7, 11) is 5.78. The second kappa shape index (κ2) is 8.20. The summed E-state index contributed by atoms with van der Waals surface area (Å²) in [5, 5.41) is 4.31. The number of nitrogens with zero attached hydrogens (tertiary/aromatic N) is 5. The van der Waals surface area contributed by atoms with E-state index in [0.29, 0.717) is 11.8 Å². The van der Waals surface area contributed by atoms with E-state index in [1.807, 2.05) is 48.3 Å². The molecule has 0 spiro atoms. The summed E-state index contributed by atoms with van der Waals surface area (Å²) < 4.78 is 1.86. The fourth-order valence-corrected chi connectivity index (χ4v) is 6.21. The number of likely N-dealkylation sites (tertiary alicyclic amines) is 2. The molecule has 2 saturated heterocycles. The monoisotopic (exact) mass is 415 g/mol. The van der Waals surface area contributed by atoms with Crippen molar-refractivity contribution in [3.63, 3.8) is 0 Å². The van der Waals surface area contributed by atoms with Crippen LogP contribution in [0.4, 0.5) is 0 Å². The Kier molecular flexibility index (Phi) is 5.82. The molecule has 29 heavy (non-hydrogen) atoms. The van der Waals surface area contributed by atoms with E-state index in [2.05, 4.69) is 40.2 Å². The van der Waals surface area contributed by atoms with Gasteiger partial charge in [-0.3, -0.25) is 19.3 Å². The van der Waals surface area contributed by atoms with Crippen molar-refractivity contribution in [1.82, 2.24) is 24.5 Å². The number of aryl methyl sites for hydroxylation is 2. The number of thiophene rings is 1. The lowest BCUT2D eigenvalue weighted by atomic mass is 9.74. The number of carbonyl (C=O) groups excluding carboxylic acids is 1. The molecule has 7 heteroatoms. The summed E-state index contributed by atoms with van der Waals surface area (Å²) >= 11 is 1.89. The summed E-state index contributed by atoms with van der Waals surface area (Å²) in [4.78, 5) is 23.1. The molecule has 2 aromatic rings. The second-order valence-corrected chi connectivity index (χ2v) is 10.5. The van der Waals surface area contributed by atoms with Crippen LogP contribution >= 0.6 is 11.3 Å². The first-order chi connectivity index (χ1) is 13.9. The Morgan fingerprint density at radius 2 is 2.07 bits per heavy atom. The number of aromatic nitrogens is 2. The van der Waals surface area contributed by atoms with Gasteiger partial charge < -0.3 is 4.90 Å². The summed E-state index contributed by atoms with van der Waals surface area (Å²) in [5.41, 5.74) is 0.966. The van der Waals surface area contributed by atoms with Crippen molar-refractivity contribution < 1.29 is 4.79 Å². The normalized spacial score (nSPS) is 25.7. The Labute approximate surface area is 178 Å². The predicted octanol–water partition coefficient (Wildman–Crippen LogP) is 2.59. The van der Waals surface area contributed by atoms with E-state index in [4.69, 9.17) is 0 Å². The van der Waals surface area contributed by atoms with E-state index in [1.54, 1.807) is 0 Å². The molecule has 2 aromatic heterocycles. The van der Waals surface area contributed by atoms with Crippen LogP contribution in [0.5, 0.6) is 0 Å². The first kappa shape index (κ1) is 20.6. The maximum absolute atomic E-state index is 13.4. The van der Waals surface area contributed by atoms with Crippen molar-refractivity contribution >= 4 is 17.2 Å². The average molecular weight is 416 g/mol. The van der Waals surface area contributed by atoms with Crippen LogP contribution < -0.4 is 0 Å². The number of rotatable bonds is 5. The second-order valence-electron chi connectivity index (χ2n) is 9.10. The van der Waals surface area contributed by atoms with Crippen LogP contribution in [0.1, 0.15) is 28.2 Å². The van der Waals surface area contributed by atoms with Crippen molar-refractivity contribution in [1.29, 1.82) is 0 Å². The van der Waals surface area contributed by atoms with Crippen LogP contribution in [0.3, 0.4) is 0 Å². The lowest BCUT2D eigenvalue weighted by Crippen LogP contribution is -2.47. The molecule has 2 aliphatic heterocycles. The molecule has 2 fully saturated rings. The largest absolute Gasteiger partial charge is 0.348 e. The fraction of sp³-hybridized carbons (Fsp3) is 0.636. The molecule has 0 aliphatic carbocycles. The maximum Gasteiger partial charge on any atom is 0.229 e. The Morgan fingerprint density at radius 3 is 2.72 bits per heavy atom. The molecule has 2 atom stereocenters. The van der Waals surface area contributed by atoms with E-state index < -0.39 is 0 Å². The van der Waals surface area contributed by atoms with Crippen molar-refractivity contribution in [2.75, 3.05) is 40.3 Å². The molecule has 0 saturated carbocycles. The molecule has 0 unspecified atom stereocenters. The molecule has 0 radical (unpaired) electrons. The molecule has 1 amide bonds. The quantitative estimate of drug-likeness (QED) is 0.753. The highest BCUT2D eigenvalue weighted by molar-refractivity contribution is 7.11. The highest BCUT2D eigenvalue weighted by atomic mass is 32.1. The lowest BCUT2D eigenvalue weighted by Gasteiger charge is -2.35. The van der Waals surface area contributed by atoms with Gasteiger partial charge in [0, 0.05) is 75.4 Å². The molecule has 2 aliphatic rings. The standard InChI is InChI=1S/C22H33N5OS/c1-17-6-7-20(29-17)15-26-9-5-8-22(21(28)24(2)3)16-27(14-19(22)13-26)12-18-10-23-25(4)11-18/h6-7,10-11,19H,5,8-9,12-16H2,1-4H3/t19-,22-/m1/s1. The predicted molar refractivity (Wildman–Crippen MR) is 117 cm³/mol.